The Balaban J connectivity index is 3.30. The molecule has 0 saturated heterocycles. The Kier molecular flexibility index (Phi) is 4.92. The van der Waals surface area contributed by atoms with Crippen molar-refractivity contribution < 1.29 is 14.7 Å². The van der Waals surface area contributed by atoms with Crippen molar-refractivity contribution >= 4 is 29.2 Å². The molecule has 0 aliphatic rings. The van der Waals surface area contributed by atoms with E-state index in [2.05, 4.69) is 0 Å². The van der Waals surface area contributed by atoms with Crippen molar-refractivity contribution in [2.24, 2.45) is 0 Å². The number of benzene rings is 1. The van der Waals surface area contributed by atoms with E-state index in [0.29, 0.717) is 0 Å². The van der Waals surface area contributed by atoms with Gasteiger partial charge in [-0.3, -0.25) is 9.69 Å². The Labute approximate surface area is 110 Å². The molecule has 0 aliphatic heterocycles. The standard InChI is InChI=1S/C13H14ClNO3/c1-3-6-12(14)15(9(2)16)11-8-5-4-7-10(11)13(17)18/h3-8,12H,1-2H3,(H,17,18)/b6-3+. The maximum atomic E-state index is 11.7. The molecule has 1 atom stereocenters. The molecule has 0 fully saturated rings. The smallest absolute Gasteiger partial charge is 0.337 e. The van der Waals surface area contributed by atoms with Crippen LogP contribution in [0.4, 0.5) is 5.69 Å². The summed E-state index contributed by atoms with van der Waals surface area (Å²) in [6.07, 6.45) is 3.32. The third-order valence-corrected chi connectivity index (χ3v) is 2.67. The van der Waals surface area contributed by atoms with Crippen molar-refractivity contribution in [3.05, 3.63) is 42.0 Å². The van der Waals surface area contributed by atoms with Crippen LogP contribution < -0.4 is 4.90 Å². The SMILES string of the molecule is C/C=C/C(Cl)N(C(C)=O)c1ccccc1C(=O)O. The topological polar surface area (TPSA) is 57.6 Å². The van der Waals surface area contributed by atoms with E-state index in [-0.39, 0.29) is 17.2 Å². The normalized spacial score (nSPS) is 12.4. The van der Waals surface area contributed by atoms with Gasteiger partial charge in [-0.1, -0.05) is 35.9 Å². The number of carboxylic acid groups (broad SMARTS) is 1. The minimum Gasteiger partial charge on any atom is -0.478 e. The van der Waals surface area contributed by atoms with E-state index in [0.717, 1.165) is 0 Å². The van der Waals surface area contributed by atoms with Crippen molar-refractivity contribution in [1.29, 1.82) is 0 Å². The molecule has 1 amide bonds. The van der Waals surface area contributed by atoms with Crippen LogP contribution in [0.1, 0.15) is 24.2 Å². The van der Waals surface area contributed by atoms with Crippen LogP contribution in [0.25, 0.3) is 0 Å². The predicted molar refractivity (Wildman–Crippen MR) is 71.0 cm³/mol. The lowest BCUT2D eigenvalue weighted by Gasteiger charge is -2.25. The highest BCUT2D eigenvalue weighted by Crippen LogP contribution is 2.24. The zero-order chi connectivity index (χ0) is 13.7. The van der Waals surface area contributed by atoms with Crippen LogP contribution in [-0.4, -0.2) is 22.5 Å². The van der Waals surface area contributed by atoms with Gasteiger partial charge in [-0.15, -0.1) is 0 Å². The number of anilines is 1. The Hall–Kier alpha value is -1.81. The molecule has 0 aromatic heterocycles. The van der Waals surface area contributed by atoms with Crippen LogP contribution in [0, 0.1) is 0 Å². The van der Waals surface area contributed by atoms with Crippen molar-refractivity contribution in [3.8, 4) is 0 Å². The first-order valence-corrected chi connectivity index (χ1v) is 5.81. The number of allylic oxidation sites excluding steroid dienone is 1. The van der Waals surface area contributed by atoms with Crippen LogP contribution >= 0.6 is 11.6 Å². The number of hydrogen-bond donors (Lipinski definition) is 1. The second kappa shape index (κ2) is 6.21. The zero-order valence-corrected chi connectivity index (χ0v) is 10.9. The number of halogens is 1. The molecule has 0 radical (unpaired) electrons. The molecule has 0 aliphatic carbocycles. The molecule has 1 aromatic rings. The van der Waals surface area contributed by atoms with Gasteiger partial charge in [0.25, 0.3) is 0 Å². The lowest BCUT2D eigenvalue weighted by molar-refractivity contribution is -0.116. The van der Waals surface area contributed by atoms with Crippen molar-refractivity contribution in [2.45, 2.75) is 19.3 Å². The maximum Gasteiger partial charge on any atom is 0.337 e. The molecule has 1 aromatic carbocycles. The fraction of sp³-hybridized carbons (Fsp3) is 0.231. The number of carboxylic acids is 1. The summed E-state index contributed by atoms with van der Waals surface area (Å²) in [6.45, 7) is 3.12. The number of alkyl halides is 1. The average molecular weight is 268 g/mol. The third-order valence-electron chi connectivity index (χ3n) is 2.33. The molecule has 18 heavy (non-hydrogen) atoms. The van der Waals surface area contributed by atoms with Gasteiger partial charge >= 0.3 is 5.97 Å². The maximum absolute atomic E-state index is 11.7. The highest BCUT2D eigenvalue weighted by atomic mass is 35.5. The highest BCUT2D eigenvalue weighted by Gasteiger charge is 2.23. The van der Waals surface area contributed by atoms with E-state index in [1.807, 2.05) is 0 Å². The van der Waals surface area contributed by atoms with E-state index >= 15 is 0 Å². The first-order chi connectivity index (χ1) is 8.49. The number of hydrogen-bond acceptors (Lipinski definition) is 2. The zero-order valence-electron chi connectivity index (χ0n) is 10.1. The Morgan fingerprint density at radius 2 is 2.00 bits per heavy atom. The van der Waals surface area contributed by atoms with Crippen LogP contribution in [0.5, 0.6) is 0 Å². The summed E-state index contributed by atoms with van der Waals surface area (Å²) in [4.78, 5) is 24.0. The number of para-hydroxylation sites is 1. The lowest BCUT2D eigenvalue weighted by atomic mass is 10.1. The van der Waals surface area contributed by atoms with Crippen LogP contribution in [-0.2, 0) is 4.79 Å². The Morgan fingerprint density at radius 1 is 1.39 bits per heavy atom. The predicted octanol–water partition coefficient (Wildman–Crippen LogP) is 2.88. The van der Waals surface area contributed by atoms with Gasteiger partial charge in [0.2, 0.25) is 5.91 Å². The third kappa shape index (κ3) is 3.11. The molecular formula is C13H14ClNO3. The van der Waals surface area contributed by atoms with E-state index in [1.165, 1.54) is 17.9 Å². The van der Waals surface area contributed by atoms with Crippen LogP contribution in [0.2, 0.25) is 0 Å². The molecule has 0 bridgehead atoms. The van der Waals surface area contributed by atoms with Gasteiger partial charge in [0.15, 0.2) is 0 Å². The monoisotopic (exact) mass is 267 g/mol. The van der Waals surface area contributed by atoms with E-state index in [9.17, 15) is 9.59 Å². The number of amides is 1. The first-order valence-electron chi connectivity index (χ1n) is 5.38. The van der Waals surface area contributed by atoms with Crippen molar-refractivity contribution in [2.75, 3.05) is 4.90 Å². The van der Waals surface area contributed by atoms with Gasteiger partial charge in [-0.25, -0.2) is 4.79 Å². The van der Waals surface area contributed by atoms with Gasteiger partial charge < -0.3 is 5.11 Å². The van der Waals surface area contributed by atoms with E-state index < -0.39 is 11.5 Å². The quantitative estimate of drug-likeness (QED) is 0.518. The average Bonchev–Trinajstić information content (AvgIpc) is 2.29. The fourth-order valence-electron chi connectivity index (χ4n) is 1.59. The Morgan fingerprint density at radius 3 is 2.50 bits per heavy atom. The molecule has 1 N–H and O–H groups in total. The lowest BCUT2D eigenvalue weighted by Crippen LogP contribution is -2.35. The van der Waals surface area contributed by atoms with E-state index in [4.69, 9.17) is 16.7 Å². The van der Waals surface area contributed by atoms with Crippen molar-refractivity contribution in [3.63, 3.8) is 0 Å². The van der Waals surface area contributed by atoms with Crippen LogP contribution in [0.3, 0.4) is 0 Å². The number of carbonyl (C=O) groups excluding carboxylic acids is 1. The highest BCUT2D eigenvalue weighted by molar-refractivity contribution is 6.25. The van der Waals surface area contributed by atoms with Gasteiger partial charge in [0.1, 0.15) is 5.50 Å². The molecule has 4 nitrogen and oxygen atoms in total. The molecule has 1 rings (SSSR count). The van der Waals surface area contributed by atoms with E-state index in [1.54, 1.807) is 37.3 Å². The summed E-state index contributed by atoms with van der Waals surface area (Å²) in [5.41, 5.74) is -0.383. The Bertz CT molecular complexity index is 485. The minimum atomic E-state index is -1.10. The largest absolute Gasteiger partial charge is 0.478 e. The summed E-state index contributed by atoms with van der Waals surface area (Å²) in [6, 6.07) is 6.26. The number of carbonyl (C=O) groups is 2. The molecule has 1 unspecified atom stereocenters. The van der Waals surface area contributed by atoms with Gasteiger partial charge in [-0.05, 0) is 19.1 Å². The first kappa shape index (κ1) is 14.3. The van der Waals surface area contributed by atoms with Crippen LogP contribution in [0.15, 0.2) is 36.4 Å². The van der Waals surface area contributed by atoms with Gasteiger partial charge in [0.05, 0.1) is 11.3 Å². The van der Waals surface area contributed by atoms with Crippen molar-refractivity contribution in [1.82, 2.24) is 0 Å². The molecule has 5 heteroatoms. The molecular weight excluding hydrogens is 254 g/mol. The van der Waals surface area contributed by atoms with Gasteiger partial charge in [0, 0.05) is 6.92 Å². The second-order valence-corrected chi connectivity index (χ2v) is 4.06. The molecule has 0 saturated carbocycles. The second-order valence-electron chi connectivity index (χ2n) is 3.61. The summed E-state index contributed by atoms with van der Waals surface area (Å²) in [5, 5.41) is 9.11. The van der Waals surface area contributed by atoms with Gasteiger partial charge in [-0.2, -0.15) is 0 Å². The number of nitrogens with zero attached hydrogens (tertiary/aromatic N) is 1. The number of aromatic carboxylic acids is 1. The molecule has 96 valence electrons. The number of rotatable bonds is 4. The minimum absolute atomic E-state index is 0.0443. The fourth-order valence-corrected chi connectivity index (χ4v) is 1.97. The summed E-state index contributed by atoms with van der Waals surface area (Å²) >= 11 is 6.08. The molecule has 0 spiro atoms. The summed E-state index contributed by atoms with van der Waals surface area (Å²) < 4.78 is 0. The summed E-state index contributed by atoms with van der Waals surface area (Å²) in [5.74, 6) is -1.41. The molecule has 0 heterocycles. The summed E-state index contributed by atoms with van der Waals surface area (Å²) in [7, 11) is 0.